The highest BCUT2D eigenvalue weighted by molar-refractivity contribution is 5.41. The van der Waals surface area contributed by atoms with Crippen LogP contribution in [0.5, 0.6) is 11.5 Å². The van der Waals surface area contributed by atoms with E-state index in [1.54, 1.807) is 14.2 Å². The van der Waals surface area contributed by atoms with Crippen molar-refractivity contribution >= 4 is 0 Å². The Labute approximate surface area is 108 Å². The lowest BCUT2D eigenvalue weighted by molar-refractivity contribution is 0.0353. The molecular weight excluding hydrogens is 230 g/mol. The molecule has 0 bridgehead atoms. The summed E-state index contributed by atoms with van der Waals surface area (Å²) < 4.78 is 16.2. The lowest BCUT2D eigenvalue weighted by Crippen LogP contribution is -2.53. The van der Waals surface area contributed by atoms with E-state index in [1.807, 2.05) is 18.2 Å². The molecule has 1 saturated heterocycles. The highest BCUT2D eigenvalue weighted by Gasteiger charge is 2.28. The molecule has 1 aromatic carbocycles. The van der Waals surface area contributed by atoms with Gasteiger partial charge in [0.2, 0.25) is 0 Å². The lowest BCUT2D eigenvalue weighted by Gasteiger charge is -2.35. The SMILES string of the molecule is COc1ccc(OC)c(CC2(C)COCCN2)c1. The average Bonchev–Trinajstić information content (AvgIpc) is 2.39. The number of ether oxygens (including phenoxy) is 3. The summed E-state index contributed by atoms with van der Waals surface area (Å²) in [5.74, 6) is 1.75. The Hall–Kier alpha value is -1.26. The van der Waals surface area contributed by atoms with Crippen LogP contribution in [0.15, 0.2) is 18.2 Å². The fourth-order valence-electron chi connectivity index (χ4n) is 2.33. The summed E-state index contributed by atoms with van der Waals surface area (Å²) in [5.41, 5.74) is 1.09. The van der Waals surface area contributed by atoms with E-state index in [0.717, 1.165) is 36.6 Å². The van der Waals surface area contributed by atoms with Crippen molar-refractivity contribution in [2.24, 2.45) is 0 Å². The van der Waals surface area contributed by atoms with Crippen LogP contribution in [0.3, 0.4) is 0 Å². The molecule has 1 atom stereocenters. The van der Waals surface area contributed by atoms with E-state index in [1.165, 1.54) is 0 Å². The smallest absolute Gasteiger partial charge is 0.122 e. The van der Waals surface area contributed by atoms with E-state index >= 15 is 0 Å². The number of hydrogen-bond acceptors (Lipinski definition) is 4. The first-order valence-electron chi connectivity index (χ1n) is 6.20. The predicted octanol–water partition coefficient (Wildman–Crippen LogP) is 1.62. The van der Waals surface area contributed by atoms with Crippen LogP contribution in [0.2, 0.25) is 0 Å². The van der Waals surface area contributed by atoms with Crippen molar-refractivity contribution in [1.29, 1.82) is 0 Å². The number of morpholine rings is 1. The molecule has 100 valence electrons. The van der Waals surface area contributed by atoms with Gasteiger partial charge in [-0.05, 0) is 37.1 Å². The monoisotopic (exact) mass is 251 g/mol. The van der Waals surface area contributed by atoms with Crippen LogP contribution >= 0.6 is 0 Å². The molecule has 1 aliphatic rings. The van der Waals surface area contributed by atoms with E-state index in [-0.39, 0.29) is 5.54 Å². The van der Waals surface area contributed by atoms with Gasteiger partial charge in [-0.3, -0.25) is 0 Å². The van der Waals surface area contributed by atoms with Crippen LogP contribution in [-0.4, -0.2) is 39.5 Å². The van der Waals surface area contributed by atoms with E-state index in [9.17, 15) is 0 Å². The number of hydrogen-bond donors (Lipinski definition) is 1. The van der Waals surface area contributed by atoms with Gasteiger partial charge in [0.05, 0.1) is 27.4 Å². The van der Waals surface area contributed by atoms with Crippen LogP contribution < -0.4 is 14.8 Å². The number of methoxy groups -OCH3 is 2. The maximum Gasteiger partial charge on any atom is 0.122 e. The zero-order valence-electron chi connectivity index (χ0n) is 11.3. The first kappa shape index (κ1) is 13.2. The van der Waals surface area contributed by atoms with Crippen LogP contribution in [0.25, 0.3) is 0 Å². The normalized spacial score (nSPS) is 23.7. The summed E-state index contributed by atoms with van der Waals surface area (Å²) in [6.07, 6.45) is 0.855. The zero-order chi connectivity index (χ0) is 13.0. The summed E-state index contributed by atoms with van der Waals surface area (Å²) in [6.45, 7) is 4.56. The van der Waals surface area contributed by atoms with Gasteiger partial charge in [0.15, 0.2) is 0 Å². The maximum absolute atomic E-state index is 5.55. The van der Waals surface area contributed by atoms with Gasteiger partial charge in [0.1, 0.15) is 11.5 Å². The van der Waals surface area contributed by atoms with Crippen molar-refractivity contribution in [1.82, 2.24) is 5.32 Å². The summed E-state index contributed by atoms with van der Waals surface area (Å²) in [7, 11) is 3.37. The van der Waals surface area contributed by atoms with Gasteiger partial charge in [-0.2, -0.15) is 0 Å². The van der Waals surface area contributed by atoms with E-state index in [2.05, 4.69) is 12.2 Å². The minimum Gasteiger partial charge on any atom is -0.497 e. The first-order chi connectivity index (χ1) is 8.67. The fourth-order valence-corrected chi connectivity index (χ4v) is 2.33. The minimum atomic E-state index is -0.0438. The molecule has 1 unspecified atom stereocenters. The van der Waals surface area contributed by atoms with Crippen molar-refractivity contribution in [2.45, 2.75) is 18.9 Å². The van der Waals surface area contributed by atoms with Crippen molar-refractivity contribution in [2.75, 3.05) is 34.0 Å². The number of rotatable bonds is 4. The van der Waals surface area contributed by atoms with E-state index < -0.39 is 0 Å². The van der Waals surface area contributed by atoms with Crippen LogP contribution in [0.1, 0.15) is 12.5 Å². The highest BCUT2D eigenvalue weighted by Crippen LogP contribution is 2.28. The molecule has 1 aromatic rings. The van der Waals surface area contributed by atoms with Crippen LogP contribution in [-0.2, 0) is 11.2 Å². The molecule has 0 aromatic heterocycles. The van der Waals surface area contributed by atoms with Gasteiger partial charge < -0.3 is 19.5 Å². The summed E-state index contributed by atoms with van der Waals surface area (Å²) >= 11 is 0. The first-order valence-corrected chi connectivity index (χ1v) is 6.20. The second-order valence-corrected chi connectivity index (χ2v) is 4.89. The van der Waals surface area contributed by atoms with Crippen LogP contribution in [0.4, 0.5) is 0 Å². The Morgan fingerprint density at radius 3 is 2.78 bits per heavy atom. The van der Waals surface area contributed by atoms with E-state index in [4.69, 9.17) is 14.2 Å². The Balaban J connectivity index is 2.20. The fraction of sp³-hybridized carbons (Fsp3) is 0.571. The molecule has 4 nitrogen and oxygen atoms in total. The third-order valence-corrected chi connectivity index (χ3v) is 3.29. The summed E-state index contributed by atoms with van der Waals surface area (Å²) in [5, 5.41) is 3.51. The Bertz CT molecular complexity index is 400. The van der Waals surface area contributed by atoms with Gasteiger partial charge in [0, 0.05) is 12.1 Å². The molecule has 0 saturated carbocycles. The maximum atomic E-state index is 5.55. The molecule has 1 N–H and O–H groups in total. The Morgan fingerprint density at radius 2 is 2.17 bits per heavy atom. The molecule has 4 heteroatoms. The summed E-state index contributed by atoms with van der Waals surface area (Å²) in [4.78, 5) is 0. The quantitative estimate of drug-likeness (QED) is 0.883. The Kier molecular flexibility index (Phi) is 4.09. The topological polar surface area (TPSA) is 39.7 Å². The van der Waals surface area contributed by atoms with Crippen molar-refractivity contribution in [3.63, 3.8) is 0 Å². The molecule has 1 fully saturated rings. The molecule has 0 radical (unpaired) electrons. The van der Waals surface area contributed by atoms with Crippen molar-refractivity contribution in [3.05, 3.63) is 23.8 Å². The zero-order valence-corrected chi connectivity index (χ0v) is 11.3. The largest absolute Gasteiger partial charge is 0.497 e. The van der Waals surface area contributed by atoms with Crippen molar-refractivity contribution < 1.29 is 14.2 Å². The lowest BCUT2D eigenvalue weighted by atomic mass is 9.92. The van der Waals surface area contributed by atoms with E-state index in [0.29, 0.717) is 6.61 Å². The Morgan fingerprint density at radius 1 is 1.33 bits per heavy atom. The molecule has 0 spiro atoms. The number of benzene rings is 1. The standard InChI is InChI=1S/C14H21NO3/c1-14(10-18-7-6-15-14)9-11-8-12(16-2)4-5-13(11)17-3/h4-5,8,15H,6-7,9-10H2,1-3H3. The summed E-state index contributed by atoms with van der Waals surface area (Å²) in [6, 6.07) is 5.89. The molecule has 18 heavy (non-hydrogen) atoms. The predicted molar refractivity (Wildman–Crippen MR) is 70.5 cm³/mol. The molecule has 1 heterocycles. The van der Waals surface area contributed by atoms with Crippen LogP contribution in [0, 0.1) is 0 Å². The molecule has 1 aliphatic heterocycles. The third-order valence-electron chi connectivity index (χ3n) is 3.29. The average molecular weight is 251 g/mol. The van der Waals surface area contributed by atoms with Gasteiger partial charge in [-0.25, -0.2) is 0 Å². The third kappa shape index (κ3) is 2.94. The van der Waals surface area contributed by atoms with Crippen molar-refractivity contribution in [3.8, 4) is 11.5 Å². The molecule has 0 amide bonds. The second kappa shape index (κ2) is 5.59. The van der Waals surface area contributed by atoms with Gasteiger partial charge in [-0.15, -0.1) is 0 Å². The second-order valence-electron chi connectivity index (χ2n) is 4.89. The number of nitrogens with one attached hydrogen (secondary N) is 1. The molecule has 2 rings (SSSR count). The van der Waals surface area contributed by atoms with Gasteiger partial charge in [0.25, 0.3) is 0 Å². The molecule has 0 aliphatic carbocycles. The highest BCUT2D eigenvalue weighted by atomic mass is 16.5. The van der Waals surface area contributed by atoms with Gasteiger partial charge in [-0.1, -0.05) is 0 Å². The van der Waals surface area contributed by atoms with Gasteiger partial charge >= 0.3 is 0 Å². The molecular formula is C14H21NO3. The minimum absolute atomic E-state index is 0.0438.